The minimum absolute atomic E-state index is 0.0220. The third kappa shape index (κ3) is 5.58. The third-order valence-corrected chi connectivity index (χ3v) is 6.63. The Morgan fingerprint density at radius 1 is 1.23 bits per heavy atom. The van der Waals surface area contributed by atoms with Crippen LogP contribution in [0.25, 0.3) is 10.6 Å². The van der Waals surface area contributed by atoms with E-state index in [1.165, 1.54) is 11.3 Å². The summed E-state index contributed by atoms with van der Waals surface area (Å²) in [5.41, 5.74) is -0.415. The molecule has 0 aromatic carbocycles. The second-order valence-corrected chi connectivity index (χ2v) is 9.56. The summed E-state index contributed by atoms with van der Waals surface area (Å²) >= 11 is 1.23. The molecule has 4 rings (SSSR count). The molecule has 0 bridgehead atoms. The fourth-order valence-corrected chi connectivity index (χ4v) is 4.89. The van der Waals surface area contributed by atoms with Crippen molar-refractivity contribution in [1.29, 1.82) is 0 Å². The van der Waals surface area contributed by atoms with Gasteiger partial charge in [-0.1, -0.05) is 13.0 Å². The molecular weight excluding hydrogens is 491 g/mol. The van der Waals surface area contributed by atoms with Crippen LogP contribution in [0, 0.1) is 12.8 Å². The minimum atomic E-state index is -4.55. The normalized spacial score (nSPS) is 20.0. The maximum atomic E-state index is 14.5. The molecule has 1 saturated heterocycles. The molecule has 0 saturated carbocycles. The fraction of sp³-hybridized carbons (Fsp3) is 0.391. The van der Waals surface area contributed by atoms with Crippen LogP contribution in [0.1, 0.15) is 34.4 Å². The maximum absolute atomic E-state index is 14.5. The highest BCUT2D eigenvalue weighted by molar-refractivity contribution is 7.15. The summed E-state index contributed by atoms with van der Waals surface area (Å²) in [5, 5.41) is 0.576. The summed E-state index contributed by atoms with van der Waals surface area (Å²) in [4.78, 5) is 27.3. The van der Waals surface area contributed by atoms with Crippen molar-refractivity contribution in [2.24, 2.45) is 5.92 Å². The number of aromatic nitrogens is 3. The highest BCUT2D eigenvalue weighted by Crippen LogP contribution is 2.37. The number of aryl methyl sites for hydroxylation is 1. The van der Waals surface area contributed by atoms with Crippen LogP contribution in [-0.4, -0.2) is 50.9 Å². The Bertz CT molecular complexity index is 1180. The molecule has 0 spiro atoms. The van der Waals surface area contributed by atoms with E-state index in [9.17, 15) is 26.7 Å². The fourth-order valence-electron chi connectivity index (χ4n) is 4.00. The number of piperidine rings is 1. The quantitative estimate of drug-likeness (QED) is 0.423. The second kappa shape index (κ2) is 9.48. The number of pyridine rings is 2. The van der Waals surface area contributed by atoms with Gasteiger partial charge in [0.05, 0.1) is 33.7 Å². The Hall–Kier alpha value is -3.15. The molecule has 12 heteroatoms. The molecule has 3 aromatic heterocycles. The van der Waals surface area contributed by atoms with Gasteiger partial charge in [0.25, 0.3) is 11.8 Å². The van der Waals surface area contributed by atoms with Crippen molar-refractivity contribution in [1.82, 2.24) is 19.9 Å². The summed E-state index contributed by atoms with van der Waals surface area (Å²) in [5.74, 6) is -4.56. The first-order chi connectivity index (χ1) is 16.4. The van der Waals surface area contributed by atoms with Crippen LogP contribution < -0.4 is 4.74 Å². The van der Waals surface area contributed by atoms with Gasteiger partial charge in [-0.2, -0.15) is 13.2 Å². The lowest BCUT2D eigenvalue weighted by molar-refractivity contribution is -0.137. The number of amides is 1. The van der Waals surface area contributed by atoms with E-state index in [0.717, 1.165) is 17.0 Å². The van der Waals surface area contributed by atoms with Gasteiger partial charge in [0.2, 0.25) is 5.88 Å². The Balaban J connectivity index is 1.60. The average molecular weight is 513 g/mol. The molecule has 0 N–H and O–H groups in total. The zero-order valence-electron chi connectivity index (χ0n) is 18.7. The van der Waals surface area contributed by atoms with E-state index in [4.69, 9.17) is 4.74 Å². The number of hydrogen-bond acceptors (Lipinski definition) is 6. The number of carbonyl (C=O) groups is 1. The number of hydrogen-bond donors (Lipinski definition) is 0. The lowest BCUT2D eigenvalue weighted by Crippen LogP contribution is -2.57. The number of carbonyl (C=O) groups excluding carboxylic acids is 1. The predicted molar refractivity (Wildman–Crippen MR) is 118 cm³/mol. The Morgan fingerprint density at radius 2 is 2.00 bits per heavy atom. The molecule has 1 aliphatic rings. The van der Waals surface area contributed by atoms with Gasteiger partial charge in [0.1, 0.15) is 12.3 Å². The van der Waals surface area contributed by atoms with Crippen LogP contribution in [0.5, 0.6) is 5.88 Å². The summed E-state index contributed by atoms with van der Waals surface area (Å²) in [6.45, 7) is 2.23. The number of halogens is 5. The van der Waals surface area contributed by atoms with E-state index in [1.54, 1.807) is 38.2 Å². The van der Waals surface area contributed by atoms with Crippen molar-refractivity contribution < 1.29 is 31.5 Å². The highest BCUT2D eigenvalue weighted by atomic mass is 32.1. The lowest BCUT2D eigenvalue weighted by atomic mass is 9.88. The first kappa shape index (κ1) is 25.0. The molecule has 4 heterocycles. The molecule has 1 amide bonds. The number of alkyl halides is 5. The van der Waals surface area contributed by atoms with Gasteiger partial charge < -0.3 is 9.64 Å². The van der Waals surface area contributed by atoms with Crippen molar-refractivity contribution in [3.8, 4) is 16.5 Å². The molecular formula is C23H21F5N4O2S. The van der Waals surface area contributed by atoms with Crippen LogP contribution in [0.3, 0.4) is 0 Å². The zero-order valence-corrected chi connectivity index (χ0v) is 19.5. The van der Waals surface area contributed by atoms with Crippen LogP contribution >= 0.6 is 11.3 Å². The van der Waals surface area contributed by atoms with Gasteiger partial charge in [-0.15, -0.1) is 11.3 Å². The summed E-state index contributed by atoms with van der Waals surface area (Å²) in [6, 6.07) is 6.27. The van der Waals surface area contributed by atoms with Crippen LogP contribution in [0.2, 0.25) is 0 Å². The van der Waals surface area contributed by atoms with Gasteiger partial charge in [-0.25, -0.2) is 18.7 Å². The summed E-state index contributed by atoms with van der Waals surface area (Å²) in [6.07, 6.45) is -2.82. The number of nitrogens with zero attached hydrogens (tertiary/aromatic N) is 4. The van der Waals surface area contributed by atoms with Crippen LogP contribution in [0.15, 0.2) is 42.7 Å². The van der Waals surface area contributed by atoms with Crippen LogP contribution in [-0.2, 0) is 6.18 Å². The molecule has 1 unspecified atom stereocenters. The summed E-state index contributed by atoms with van der Waals surface area (Å²) in [7, 11) is 0. The van der Waals surface area contributed by atoms with E-state index in [1.807, 2.05) is 0 Å². The molecule has 0 radical (unpaired) electrons. The van der Waals surface area contributed by atoms with Crippen molar-refractivity contribution >= 4 is 17.2 Å². The van der Waals surface area contributed by atoms with E-state index < -0.39 is 48.5 Å². The standard InChI is InChI=1S/C23H21F5N4O2S/c1-13-9-22(24,25)12-32(17(13)11-34-18-7-6-15(10-30-18)23(26,27)28)21(33)19-20(35-14(2)31-19)16-5-3-4-8-29-16/h3-8,10,13,17H,9,11-12H2,1-2H3/t13-,17?/m1/s1. The van der Waals surface area contributed by atoms with E-state index in [-0.39, 0.29) is 18.2 Å². The van der Waals surface area contributed by atoms with E-state index >= 15 is 0 Å². The number of likely N-dealkylation sites (tertiary alicyclic amines) is 1. The number of ether oxygens (including phenoxy) is 1. The van der Waals surface area contributed by atoms with Gasteiger partial charge in [-0.05, 0) is 31.0 Å². The Morgan fingerprint density at radius 3 is 2.63 bits per heavy atom. The first-order valence-electron chi connectivity index (χ1n) is 10.7. The highest BCUT2D eigenvalue weighted by Gasteiger charge is 2.47. The SMILES string of the molecule is Cc1nc(C(=O)N2CC(F)(F)C[C@@H](C)C2COc2ccc(C(F)(F)F)cn2)c(-c2ccccn2)s1. The molecule has 1 fully saturated rings. The van der Waals surface area contributed by atoms with Gasteiger partial charge in [0, 0.05) is 24.9 Å². The second-order valence-electron chi connectivity index (χ2n) is 8.36. The molecule has 6 nitrogen and oxygen atoms in total. The number of rotatable bonds is 5. The molecule has 186 valence electrons. The maximum Gasteiger partial charge on any atom is 0.417 e. The van der Waals surface area contributed by atoms with Gasteiger partial charge in [0.15, 0.2) is 0 Å². The molecule has 3 aromatic rings. The number of thiazole rings is 1. The largest absolute Gasteiger partial charge is 0.475 e. The predicted octanol–water partition coefficient (Wildman–Crippen LogP) is 5.49. The van der Waals surface area contributed by atoms with Crippen LogP contribution in [0.4, 0.5) is 22.0 Å². The Kier molecular flexibility index (Phi) is 6.76. The van der Waals surface area contributed by atoms with E-state index in [2.05, 4.69) is 15.0 Å². The van der Waals surface area contributed by atoms with E-state index in [0.29, 0.717) is 21.8 Å². The van der Waals surface area contributed by atoms with Gasteiger partial charge >= 0.3 is 6.18 Å². The van der Waals surface area contributed by atoms with Crippen molar-refractivity contribution in [2.45, 2.75) is 38.4 Å². The molecule has 35 heavy (non-hydrogen) atoms. The van der Waals surface area contributed by atoms with Crippen molar-refractivity contribution in [3.05, 3.63) is 59.0 Å². The smallest absolute Gasteiger partial charge is 0.417 e. The topological polar surface area (TPSA) is 68.2 Å². The monoisotopic (exact) mass is 512 g/mol. The summed E-state index contributed by atoms with van der Waals surface area (Å²) < 4.78 is 72.9. The zero-order chi connectivity index (χ0) is 25.4. The minimum Gasteiger partial charge on any atom is -0.475 e. The third-order valence-electron chi connectivity index (χ3n) is 5.64. The average Bonchev–Trinajstić information content (AvgIpc) is 3.19. The molecule has 0 aliphatic carbocycles. The first-order valence-corrected chi connectivity index (χ1v) is 11.5. The van der Waals surface area contributed by atoms with Gasteiger partial charge in [-0.3, -0.25) is 9.78 Å². The molecule has 1 aliphatic heterocycles. The molecule has 2 atom stereocenters. The van der Waals surface area contributed by atoms with Crippen molar-refractivity contribution in [2.75, 3.05) is 13.2 Å². The van der Waals surface area contributed by atoms with Crippen molar-refractivity contribution in [3.63, 3.8) is 0 Å². The lowest BCUT2D eigenvalue weighted by Gasteiger charge is -2.42. The Labute approximate surface area is 201 Å².